The molecule has 0 saturated carbocycles. The summed E-state index contributed by atoms with van der Waals surface area (Å²) in [6.07, 6.45) is 0.761. The fourth-order valence-electron chi connectivity index (χ4n) is 1.57. The van der Waals surface area contributed by atoms with Crippen molar-refractivity contribution in [3.8, 4) is 5.75 Å². The summed E-state index contributed by atoms with van der Waals surface area (Å²) in [5, 5.41) is 0. The minimum absolute atomic E-state index is 0.118. The topological polar surface area (TPSA) is 63.9 Å². The number of rotatable bonds is 3. The maximum atomic E-state index is 5.72. The molecule has 3 N–H and O–H groups in total. The number of fused-ring (bicyclic) bond motifs is 1. The third-order valence-electron chi connectivity index (χ3n) is 2.25. The van der Waals surface area contributed by atoms with Crippen LogP contribution >= 0.6 is 0 Å². The van der Waals surface area contributed by atoms with E-state index in [4.69, 9.17) is 10.5 Å². The summed E-state index contributed by atoms with van der Waals surface area (Å²) in [4.78, 5) is 7.67. The molecule has 80 valence electrons. The van der Waals surface area contributed by atoms with E-state index in [1.807, 2.05) is 25.1 Å². The Labute approximate surface area is 88.5 Å². The summed E-state index contributed by atoms with van der Waals surface area (Å²) in [5.41, 5.74) is 7.66. The van der Waals surface area contributed by atoms with Gasteiger partial charge in [0.15, 0.2) is 0 Å². The summed E-state index contributed by atoms with van der Waals surface area (Å²) in [6, 6.07) is 5.90. The smallest absolute Gasteiger partial charge is 0.121 e. The van der Waals surface area contributed by atoms with E-state index in [0.717, 1.165) is 29.0 Å². The Morgan fingerprint density at radius 1 is 1.53 bits per heavy atom. The lowest BCUT2D eigenvalue weighted by Crippen LogP contribution is -2.18. The number of ether oxygens (including phenoxy) is 1. The van der Waals surface area contributed by atoms with E-state index in [9.17, 15) is 0 Å². The van der Waals surface area contributed by atoms with Crippen LogP contribution < -0.4 is 10.5 Å². The van der Waals surface area contributed by atoms with Crippen molar-refractivity contribution in [1.29, 1.82) is 0 Å². The second-order valence-corrected chi connectivity index (χ2v) is 3.75. The second-order valence-electron chi connectivity index (χ2n) is 3.75. The Kier molecular flexibility index (Phi) is 2.60. The number of hydrogen-bond donors (Lipinski definition) is 2. The van der Waals surface area contributed by atoms with Gasteiger partial charge in [0.05, 0.1) is 18.1 Å². The van der Waals surface area contributed by atoms with Crippen LogP contribution in [0.3, 0.4) is 0 Å². The molecule has 0 aliphatic rings. The molecule has 4 heteroatoms. The van der Waals surface area contributed by atoms with Crippen molar-refractivity contribution < 1.29 is 4.74 Å². The van der Waals surface area contributed by atoms with Gasteiger partial charge in [-0.3, -0.25) is 0 Å². The molecule has 0 bridgehead atoms. The molecule has 1 unspecified atom stereocenters. The van der Waals surface area contributed by atoms with Gasteiger partial charge in [0.2, 0.25) is 0 Å². The average Bonchev–Trinajstić information content (AvgIpc) is 2.57. The van der Waals surface area contributed by atoms with Crippen molar-refractivity contribution in [3.63, 3.8) is 0 Å². The fourth-order valence-corrected chi connectivity index (χ4v) is 1.57. The molecule has 1 heterocycles. The lowest BCUT2D eigenvalue weighted by Gasteiger charge is -1.99. The van der Waals surface area contributed by atoms with Gasteiger partial charge in [-0.1, -0.05) is 0 Å². The van der Waals surface area contributed by atoms with Gasteiger partial charge in [0.1, 0.15) is 11.6 Å². The highest BCUT2D eigenvalue weighted by molar-refractivity contribution is 5.76. The number of H-pyrrole nitrogens is 1. The number of hydrogen-bond acceptors (Lipinski definition) is 3. The minimum atomic E-state index is 0.118. The Bertz CT molecular complexity index is 462. The van der Waals surface area contributed by atoms with Crippen molar-refractivity contribution >= 4 is 11.0 Å². The highest BCUT2D eigenvalue weighted by Gasteiger charge is 2.05. The monoisotopic (exact) mass is 205 g/mol. The standard InChI is InChI=1S/C11H15N3O/c1-7(12)5-11-13-9-4-3-8(15-2)6-10(9)14-11/h3-4,6-7H,5,12H2,1-2H3,(H,13,14). The zero-order valence-corrected chi connectivity index (χ0v) is 8.95. The molecular formula is C11H15N3O. The van der Waals surface area contributed by atoms with Gasteiger partial charge in [-0.05, 0) is 19.1 Å². The lowest BCUT2D eigenvalue weighted by atomic mass is 10.2. The van der Waals surface area contributed by atoms with Gasteiger partial charge in [0, 0.05) is 18.5 Å². The highest BCUT2D eigenvalue weighted by Crippen LogP contribution is 2.18. The molecule has 2 aromatic rings. The molecule has 2 rings (SSSR count). The third kappa shape index (κ3) is 2.10. The van der Waals surface area contributed by atoms with Gasteiger partial charge in [-0.25, -0.2) is 4.98 Å². The molecule has 1 aromatic carbocycles. The quantitative estimate of drug-likeness (QED) is 0.797. The molecule has 0 amide bonds. The van der Waals surface area contributed by atoms with E-state index in [0.29, 0.717) is 0 Å². The van der Waals surface area contributed by atoms with Crippen LogP contribution in [0.15, 0.2) is 18.2 Å². The van der Waals surface area contributed by atoms with Crippen LogP contribution in [0.25, 0.3) is 11.0 Å². The van der Waals surface area contributed by atoms with Crippen molar-refractivity contribution in [3.05, 3.63) is 24.0 Å². The SMILES string of the molecule is COc1ccc2nc(CC(C)N)[nH]c2c1. The zero-order chi connectivity index (χ0) is 10.8. The van der Waals surface area contributed by atoms with Crippen LogP contribution in [0, 0.1) is 0 Å². The van der Waals surface area contributed by atoms with Crippen molar-refractivity contribution in [2.45, 2.75) is 19.4 Å². The third-order valence-corrected chi connectivity index (χ3v) is 2.25. The summed E-state index contributed by atoms with van der Waals surface area (Å²) in [6.45, 7) is 1.97. The first-order valence-corrected chi connectivity index (χ1v) is 4.97. The van der Waals surface area contributed by atoms with Gasteiger partial charge in [-0.15, -0.1) is 0 Å². The van der Waals surface area contributed by atoms with Gasteiger partial charge < -0.3 is 15.5 Å². The van der Waals surface area contributed by atoms with E-state index < -0.39 is 0 Å². The molecule has 0 spiro atoms. The van der Waals surface area contributed by atoms with Gasteiger partial charge in [0.25, 0.3) is 0 Å². The number of methoxy groups -OCH3 is 1. The Hall–Kier alpha value is -1.55. The number of aromatic nitrogens is 2. The summed E-state index contributed by atoms with van der Waals surface area (Å²) >= 11 is 0. The van der Waals surface area contributed by atoms with Crippen molar-refractivity contribution in [2.75, 3.05) is 7.11 Å². The van der Waals surface area contributed by atoms with Gasteiger partial charge in [-0.2, -0.15) is 0 Å². The van der Waals surface area contributed by atoms with E-state index >= 15 is 0 Å². The van der Waals surface area contributed by atoms with E-state index in [1.165, 1.54) is 0 Å². The second kappa shape index (κ2) is 3.90. The van der Waals surface area contributed by atoms with Crippen LogP contribution in [0.2, 0.25) is 0 Å². The number of nitrogens with one attached hydrogen (secondary N) is 1. The van der Waals surface area contributed by atoms with E-state index in [2.05, 4.69) is 9.97 Å². The number of nitrogens with zero attached hydrogens (tertiary/aromatic N) is 1. The van der Waals surface area contributed by atoms with Crippen LogP contribution in [0.4, 0.5) is 0 Å². The first-order valence-electron chi connectivity index (χ1n) is 4.97. The summed E-state index contributed by atoms with van der Waals surface area (Å²) < 4.78 is 5.14. The number of nitrogens with two attached hydrogens (primary N) is 1. The first kappa shape index (κ1) is 9.98. The first-order chi connectivity index (χ1) is 7.19. The number of aromatic amines is 1. The van der Waals surface area contributed by atoms with E-state index in [-0.39, 0.29) is 6.04 Å². The van der Waals surface area contributed by atoms with Crippen LogP contribution in [-0.4, -0.2) is 23.1 Å². The van der Waals surface area contributed by atoms with Gasteiger partial charge >= 0.3 is 0 Å². The Morgan fingerprint density at radius 3 is 3.00 bits per heavy atom. The van der Waals surface area contributed by atoms with Crippen LogP contribution in [-0.2, 0) is 6.42 Å². The molecule has 0 radical (unpaired) electrons. The molecule has 0 aliphatic heterocycles. The predicted molar refractivity (Wildman–Crippen MR) is 60.0 cm³/mol. The highest BCUT2D eigenvalue weighted by atomic mass is 16.5. The maximum Gasteiger partial charge on any atom is 0.121 e. The van der Waals surface area contributed by atoms with Crippen molar-refractivity contribution in [1.82, 2.24) is 9.97 Å². The predicted octanol–water partition coefficient (Wildman–Crippen LogP) is 1.46. The molecule has 4 nitrogen and oxygen atoms in total. The Balaban J connectivity index is 2.37. The lowest BCUT2D eigenvalue weighted by molar-refractivity contribution is 0.415. The average molecular weight is 205 g/mol. The molecular weight excluding hydrogens is 190 g/mol. The number of imidazole rings is 1. The van der Waals surface area contributed by atoms with Crippen LogP contribution in [0.1, 0.15) is 12.7 Å². The molecule has 0 saturated heterocycles. The summed E-state index contributed by atoms with van der Waals surface area (Å²) in [5.74, 6) is 1.76. The maximum absolute atomic E-state index is 5.72. The van der Waals surface area contributed by atoms with E-state index in [1.54, 1.807) is 7.11 Å². The molecule has 1 aromatic heterocycles. The minimum Gasteiger partial charge on any atom is -0.497 e. The number of benzene rings is 1. The van der Waals surface area contributed by atoms with Crippen LogP contribution in [0.5, 0.6) is 5.75 Å². The summed E-state index contributed by atoms with van der Waals surface area (Å²) in [7, 11) is 1.65. The molecule has 0 fully saturated rings. The normalized spacial score (nSPS) is 13.0. The van der Waals surface area contributed by atoms with Crippen molar-refractivity contribution in [2.24, 2.45) is 5.73 Å². The molecule has 15 heavy (non-hydrogen) atoms. The fraction of sp³-hybridized carbons (Fsp3) is 0.364. The zero-order valence-electron chi connectivity index (χ0n) is 8.95. The largest absolute Gasteiger partial charge is 0.497 e. The molecule has 0 aliphatic carbocycles. The molecule has 1 atom stereocenters. The Morgan fingerprint density at radius 2 is 2.33 bits per heavy atom.